The molecule has 7 nitrogen and oxygen atoms in total. The average molecular weight is 339 g/mol. The molecule has 0 bridgehead atoms. The summed E-state index contributed by atoms with van der Waals surface area (Å²) in [6.07, 6.45) is 8.01. The van der Waals surface area contributed by atoms with E-state index in [1.165, 1.54) is 0 Å². The van der Waals surface area contributed by atoms with Gasteiger partial charge in [0.2, 0.25) is 0 Å². The molecule has 0 aromatic carbocycles. The number of hydrogen-bond acceptors (Lipinski definition) is 5. The van der Waals surface area contributed by atoms with Gasteiger partial charge in [0.1, 0.15) is 11.4 Å². The Kier molecular flexibility index (Phi) is 4.09. The minimum absolute atomic E-state index is 0.115. The molecule has 2 aromatic heterocycles. The van der Waals surface area contributed by atoms with Crippen LogP contribution in [-0.2, 0) is 19.5 Å². The fraction of sp³-hybridized carbons (Fsp3) is 0.444. The van der Waals surface area contributed by atoms with Gasteiger partial charge in [0, 0.05) is 38.1 Å². The number of amides is 1. The van der Waals surface area contributed by atoms with Crippen LogP contribution in [0.1, 0.15) is 34.6 Å². The smallest absolute Gasteiger partial charge is 0.285 e. The van der Waals surface area contributed by atoms with E-state index < -0.39 is 5.56 Å². The molecular formula is C18H21N5O2. The Bertz CT molecular complexity index is 840. The fourth-order valence-corrected chi connectivity index (χ4v) is 3.78. The van der Waals surface area contributed by atoms with Crippen molar-refractivity contribution >= 4 is 5.91 Å². The number of nitrogens with one attached hydrogen (secondary N) is 2. The molecule has 0 radical (unpaired) electrons. The zero-order chi connectivity index (χ0) is 17.3. The first-order valence-corrected chi connectivity index (χ1v) is 8.63. The van der Waals surface area contributed by atoms with Gasteiger partial charge >= 0.3 is 0 Å². The van der Waals surface area contributed by atoms with Crippen LogP contribution in [0.3, 0.4) is 0 Å². The van der Waals surface area contributed by atoms with Crippen LogP contribution in [0.4, 0.5) is 0 Å². The normalized spacial score (nSPS) is 18.1. The molecule has 0 atom stereocenters. The highest BCUT2D eigenvalue weighted by molar-refractivity contribution is 5.93. The summed E-state index contributed by atoms with van der Waals surface area (Å²) in [7, 11) is 0. The molecule has 130 valence electrons. The van der Waals surface area contributed by atoms with Crippen molar-refractivity contribution in [2.24, 2.45) is 5.41 Å². The van der Waals surface area contributed by atoms with Gasteiger partial charge < -0.3 is 15.2 Å². The third kappa shape index (κ3) is 3.19. The van der Waals surface area contributed by atoms with Crippen LogP contribution in [0, 0.1) is 5.41 Å². The average Bonchev–Trinajstić information content (AvgIpc) is 2.96. The molecule has 0 unspecified atom stereocenters. The van der Waals surface area contributed by atoms with Crippen LogP contribution in [-0.4, -0.2) is 33.5 Å². The molecule has 2 aliphatic heterocycles. The van der Waals surface area contributed by atoms with E-state index in [4.69, 9.17) is 0 Å². The van der Waals surface area contributed by atoms with Crippen molar-refractivity contribution in [3.63, 3.8) is 0 Å². The number of piperidine rings is 1. The van der Waals surface area contributed by atoms with E-state index in [1.54, 1.807) is 18.6 Å². The highest BCUT2D eigenvalue weighted by Crippen LogP contribution is 2.38. The van der Waals surface area contributed by atoms with E-state index in [1.807, 2.05) is 16.7 Å². The lowest BCUT2D eigenvalue weighted by Crippen LogP contribution is -2.37. The van der Waals surface area contributed by atoms with Crippen LogP contribution >= 0.6 is 0 Å². The van der Waals surface area contributed by atoms with E-state index in [9.17, 15) is 9.59 Å². The van der Waals surface area contributed by atoms with Gasteiger partial charge in [-0.2, -0.15) is 4.98 Å². The molecule has 2 N–H and O–H groups in total. The Labute approximate surface area is 145 Å². The van der Waals surface area contributed by atoms with E-state index in [-0.39, 0.29) is 16.9 Å². The molecule has 1 saturated heterocycles. The van der Waals surface area contributed by atoms with Crippen LogP contribution in [0.15, 0.2) is 35.5 Å². The summed E-state index contributed by atoms with van der Waals surface area (Å²) in [5.74, 6) is 0.424. The minimum Gasteiger partial charge on any atom is -0.348 e. The summed E-state index contributed by atoms with van der Waals surface area (Å²) in [6, 6.07) is 3.66. The Morgan fingerprint density at radius 2 is 2.04 bits per heavy atom. The number of fused-ring (bicyclic) bond motifs is 1. The van der Waals surface area contributed by atoms with Crippen LogP contribution in [0.25, 0.3) is 0 Å². The third-order valence-corrected chi connectivity index (χ3v) is 5.23. The van der Waals surface area contributed by atoms with Gasteiger partial charge in [-0.25, -0.2) is 0 Å². The van der Waals surface area contributed by atoms with Crippen molar-refractivity contribution in [3.05, 3.63) is 58.0 Å². The Morgan fingerprint density at radius 1 is 1.28 bits per heavy atom. The molecule has 4 heterocycles. The lowest BCUT2D eigenvalue weighted by atomic mass is 9.78. The topological polar surface area (TPSA) is 88.9 Å². The molecule has 0 aliphatic carbocycles. The van der Waals surface area contributed by atoms with Gasteiger partial charge in [0.25, 0.3) is 11.5 Å². The summed E-state index contributed by atoms with van der Waals surface area (Å²) >= 11 is 0. The maximum atomic E-state index is 12.4. The van der Waals surface area contributed by atoms with E-state index in [2.05, 4.69) is 20.6 Å². The van der Waals surface area contributed by atoms with E-state index >= 15 is 0 Å². The Balaban J connectivity index is 1.51. The lowest BCUT2D eigenvalue weighted by molar-refractivity contribution is 0.0948. The molecule has 1 fully saturated rings. The molecule has 2 aliphatic rings. The largest absolute Gasteiger partial charge is 0.348 e. The number of nitrogens with zero attached hydrogens (tertiary/aromatic N) is 3. The predicted octanol–water partition coefficient (Wildman–Crippen LogP) is 0.494. The first-order chi connectivity index (χ1) is 12.2. The summed E-state index contributed by atoms with van der Waals surface area (Å²) in [6.45, 7) is 3.19. The summed E-state index contributed by atoms with van der Waals surface area (Å²) < 4.78 is 1.99. The van der Waals surface area contributed by atoms with Gasteiger partial charge in [0.05, 0.1) is 0 Å². The number of pyridine rings is 1. The first-order valence-electron chi connectivity index (χ1n) is 8.63. The molecule has 1 amide bonds. The van der Waals surface area contributed by atoms with Gasteiger partial charge in [-0.3, -0.25) is 14.6 Å². The Hall–Kier alpha value is -2.54. The SMILES string of the molecule is O=C(NCc1ccncc1)c1cn2c(nc1=O)CC1(CCNCC1)C2. The Morgan fingerprint density at radius 3 is 2.80 bits per heavy atom. The molecule has 0 saturated carbocycles. The number of rotatable bonds is 3. The summed E-state index contributed by atoms with van der Waals surface area (Å²) in [5, 5.41) is 6.16. The number of carbonyl (C=O) groups excluding carboxylic acids is 1. The van der Waals surface area contributed by atoms with Crippen molar-refractivity contribution in [1.82, 2.24) is 25.2 Å². The molecule has 2 aromatic rings. The zero-order valence-corrected chi connectivity index (χ0v) is 14.0. The molecular weight excluding hydrogens is 318 g/mol. The molecule has 7 heteroatoms. The van der Waals surface area contributed by atoms with Gasteiger partial charge in [-0.05, 0) is 49.0 Å². The van der Waals surface area contributed by atoms with Crippen LogP contribution < -0.4 is 16.2 Å². The van der Waals surface area contributed by atoms with Crippen molar-refractivity contribution in [3.8, 4) is 0 Å². The van der Waals surface area contributed by atoms with Crippen molar-refractivity contribution in [2.45, 2.75) is 32.4 Å². The van der Waals surface area contributed by atoms with E-state index in [0.29, 0.717) is 6.54 Å². The number of aromatic nitrogens is 3. The minimum atomic E-state index is -0.440. The summed E-state index contributed by atoms with van der Waals surface area (Å²) in [5.41, 5.74) is 0.795. The second-order valence-corrected chi connectivity index (χ2v) is 6.97. The highest BCUT2D eigenvalue weighted by atomic mass is 16.2. The fourth-order valence-electron chi connectivity index (χ4n) is 3.78. The third-order valence-electron chi connectivity index (χ3n) is 5.23. The second kappa shape index (κ2) is 6.40. The van der Waals surface area contributed by atoms with Gasteiger partial charge in [0.15, 0.2) is 0 Å². The van der Waals surface area contributed by atoms with Crippen LogP contribution in [0.2, 0.25) is 0 Å². The number of hydrogen-bond donors (Lipinski definition) is 2. The van der Waals surface area contributed by atoms with Crippen LogP contribution in [0.5, 0.6) is 0 Å². The lowest BCUT2D eigenvalue weighted by Gasteiger charge is -2.32. The number of carbonyl (C=O) groups is 1. The molecule has 4 rings (SSSR count). The van der Waals surface area contributed by atoms with Crippen molar-refractivity contribution < 1.29 is 4.79 Å². The standard InChI is InChI=1S/C18H21N5O2/c24-16(21-10-13-1-5-19-6-2-13)14-11-23-12-18(3-7-20-8-4-18)9-15(23)22-17(14)25/h1-2,5-6,11,20H,3-4,7-10,12H2,(H,21,24). The quantitative estimate of drug-likeness (QED) is 0.850. The second-order valence-electron chi connectivity index (χ2n) is 6.97. The van der Waals surface area contributed by atoms with Gasteiger partial charge in [-0.15, -0.1) is 0 Å². The van der Waals surface area contributed by atoms with Crippen molar-refractivity contribution in [1.29, 1.82) is 0 Å². The zero-order valence-electron chi connectivity index (χ0n) is 14.0. The van der Waals surface area contributed by atoms with Crippen molar-refractivity contribution in [2.75, 3.05) is 13.1 Å². The van der Waals surface area contributed by atoms with E-state index in [0.717, 1.165) is 50.3 Å². The predicted molar refractivity (Wildman–Crippen MR) is 92.1 cm³/mol. The monoisotopic (exact) mass is 339 g/mol. The molecule has 25 heavy (non-hydrogen) atoms. The highest BCUT2D eigenvalue weighted by Gasteiger charge is 2.39. The first kappa shape index (κ1) is 16.0. The maximum absolute atomic E-state index is 12.4. The summed E-state index contributed by atoms with van der Waals surface area (Å²) in [4.78, 5) is 32.9. The molecule has 1 spiro atoms. The van der Waals surface area contributed by atoms with Gasteiger partial charge in [-0.1, -0.05) is 0 Å². The maximum Gasteiger partial charge on any atom is 0.285 e.